The zero-order valence-corrected chi connectivity index (χ0v) is 10.2. The van der Waals surface area contributed by atoms with Crippen LogP contribution in [0.15, 0.2) is 24.3 Å². The number of benzene rings is 1. The maximum Gasteiger partial charge on any atom is 0.334 e. The number of carbonyl (C=O) groups is 1. The van der Waals surface area contributed by atoms with Gasteiger partial charge in [0.25, 0.3) is 6.43 Å². The highest BCUT2D eigenvalue weighted by Crippen LogP contribution is 2.18. The maximum absolute atomic E-state index is 12.7. The summed E-state index contributed by atoms with van der Waals surface area (Å²) in [7, 11) is 1.50. The minimum atomic E-state index is -2.84. The number of nitrogens with one attached hydrogen (secondary N) is 1. The molecule has 0 fully saturated rings. The molecule has 0 aliphatic rings. The normalized spacial score (nSPS) is 12.1. The average molecular weight is 259 g/mol. The molecule has 0 radical (unpaired) electrons. The van der Waals surface area contributed by atoms with Gasteiger partial charge in [-0.25, -0.2) is 13.6 Å². The minimum Gasteiger partial charge on any atom is -0.497 e. The predicted molar refractivity (Wildman–Crippen MR) is 63.0 cm³/mol. The molecule has 0 saturated carbocycles. The molecule has 0 aliphatic carbocycles. The molecule has 0 spiro atoms. The number of carbonyl (C=O) groups excluding carboxylic acids is 1. The molecule has 4 nitrogen and oxygen atoms in total. The molecule has 1 rings (SSSR count). The number of hydrogen-bond acceptors (Lipinski definition) is 4. The Morgan fingerprint density at radius 2 is 1.94 bits per heavy atom. The molecule has 0 aliphatic heterocycles. The van der Waals surface area contributed by atoms with Gasteiger partial charge in [0.05, 0.1) is 13.7 Å². The first kappa shape index (κ1) is 14.2. The van der Waals surface area contributed by atoms with Crippen molar-refractivity contribution in [2.75, 3.05) is 19.0 Å². The number of alkyl halides is 2. The van der Waals surface area contributed by atoms with Gasteiger partial charge in [0.1, 0.15) is 5.75 Å². The third kappa shape index (κ3) is 3.87. The van der Waals surface area contributed by atoms with E-state index in [0.717, 1.165) is 0 Å². The SMILES string of the molecule is CCOC(=O)[C@@H](Nc1ccc(OC)cc1)C(F)F. The van der Waals surface area contributed by atoms with Crippen LogP contribution in [-0.4, -0.2) is 32.2 Å². The fraction of sp³-hybridized carbons (Fsp3) is 0.417. The molecule has 18 heavy (non-hydrogen) atoms. The van der Waals surface area contributed by atoms with Gasteiger partial charge in [-0.2, -0.15) is 0 Å². The van der Waals surface area contributed by atoms with Crippen molar-refractivity contribution >= 4 is 11.7 Å². The van der Waals surface area contributed by atoms with Crippen molar-refractivity contribution in [3.8, 4) is 5.75 Å². The quantitative estimate of drug-likeness (QED) is 0.796. The molecule has 0 saturated heterocycles. The topological polar surface area (TPSA) is 47.6 Å². The summed E-state index contributed by atoms with van der Waals surface area (Å²) in [6.45, 7) is 1.63. The molecule has 0 heterocycles. The highest BCUT2D eigenvalue weighted by molar-refractivity contribution is 5.79. The lowest BCUT2D eigenvalue weighted by Crippen LogP contribution is -2.37. The van der Waals surface area contributed by atoms with Crippen LogP contribution in [0.3, 0.4) is 0 Å². The minimum absolute atomic E-state index is 0.0619. The fourth-order valence-corrected chi connectivity index (χ4v) is 1.32. The van der Waals surface area contributed by atoms with Crippen LogP contribution in [0, 0.1) is 0 Å². The van der Waals surface area contributed by atoms with E-state index in [9.17, 15) is 13.6 Å². The number of anilines is 1. The van der Waals surface area contributed by atoms with Gasteiger partial charge in [0, 0.05) is 5.69 Å². The summed E-state index contributed by atoms with van der Waals surface area (Å²) in [5.74, 6) is -0.367. The second kappa shape index (κ2) is 6.78. The molecule has 6 heteroatoms. The maximum atomic E-state index is 12.7. The highest BCUT2D eigenvalue weighted by Gasteiger charge is 2.29. The zero-order valence-electron chi connectivity index (χ0n) is 10.2. The van der Waals surface area contributed by atoms with Crippen molar-refractivity contribution in [3.63, 3.8) is 0 Å². The van der Waals surface area contributed by atoms with Gasteiger partial charge in [-0.05, 0) is 31.2 Å². The van der Waals surface area contributed by atoms with E-state index in [0.29, 0.717) is 11.4 Å². The summed E-state index contributed by atoms with van der Waals surface area (Å²) >= 11 is 0. The monoisotopic (exact) mass is 259 g/mol. The van der Waals surface area contributed by atoms with Gasteiger partial charge in [-0.1, -0.05) is 0 Å². The van der Waals surface area contributed by atoms with Crippen molar-refractivity contribution in [2.45, 2.75) is 19.4 Å². The van der Waals surface area contributed by atoms with E-state index in [-0.39, 0.29) is 6.61 Å². The average Bonchev–Trinajstić information content (AvgIpc) is 2.36. The lowest BCUT2D eigenvalue weighted by molar-refractivity contribution is -0.147. The largest absolute Gasteiger partial charge is 0.497 e. The van der Waals surface area contributed by atoms with Crippen LogP contribution < -0.4 is 10.1 Å². The number of methoxy groups -OCH3 is 1. The van der Waals surface area contributed by atoms with Crippen LogP contribution in [0.5, 0.6) is 5.75 Å². The third-order valence-electron chi connectivity index (χ3n) is 2.20. The van der Waals surface area contributed by atoms with Crippen molar-refractivity contribution in [1.82, 2.24) is 0 Å². The Hall–Kier alpha value is -1.85. The van der Waals surface area contributed by atoms with Gasteiger partial charge in [0.2, 0.25) is 0 Å². The van der Waals surface area contributed by atoms with Crippen LogP contribution >= 0.6 is 0 Å². The van der Waals surface area contributed by atoms with E-state index in [1.54, 1.807) is 31.2 Å². The lowest BCUT2D eigenvalue weighted by atomic mass is 10.2. The van der Waals surface area contributed by atoms with Crippen molar-refractivity contribution in [3.05, 3.63) is 24.3 Å². The fourth-order valence-electron chi connectivity index (χ4n) is 1.32. The zero-order chi connectivity index (χ0) is 13.5. The summed E-state index contributed by atoms with van der Waals surface area (Å²) in [6.07, 6.45) is -2.84. The van der Waals surface area contributed by atoms with Crippen LogP contribution in [0.4, 0.5) is 14.5 Å². The molecule has 1 aromatic carbocycles. The second-order valence-corrected chi connectivity index (χ2v) is 3.44. The molecule has 0 aromatic heterocycles. The molecular weight excluding hydrogens is 244 g/mol. The van der Waals surface area contributed by atoms with Crippen LogP contribution in [0.1, 0.15) is 6.92 Å². The highest BCUT2D eigenvalue weighted by atomic mass is 19.3. The van der Waals surface area contributed by atoms with Gasteiger partial charge < -0.3 is 14.8 Å². The summed E-state index contributed by atoms with van der Waals surface area (Å²) in [6, 6.07) is 4.64. The second-order valence-electron chi connectivity index (χ2n) is 3.44. The molecule has 1 aromatic rings. The summed E-state index contributed by atoms with van der Waals surface area (Å²) in [4.78, 5) is 11.3. The molecule has 0 bridgehead atoms. The Morgan fingerprint density at radius 1 is 1.33 bits per heavy atom. The van der Waals surface area contributed by atoms with E-state index >= 15 is 0 Å². The third-order valence-corrected chi connectivity index (χ3v) is 2.20. The molecule has 0 unspecified atom stereocenters. The number of rotatable bonds is 6. The molecule has 1 N–H and O–H groups in total. The van der Waals surface area contributed by atoms with Crippen molar-refractivity contribution < 1.29 is 23.0 Å². The Kier molecular flexibility index (Phi) is 5.35. The van der Waals surface area contributed by atoms with Gasteiger partial charge >= 0.3 is 5.97 Å². The van der Waals surface area contributed by atoms with E-state index in [2.05, 4.69) is 10.1 Å². The Balaban J connectivity index is 2.73. The van der Waals surface area contributed by atoms with E-state index in [1.807, 2.05) is 0 Å². The predicted octanol–water partition coefficient (Wildman–Crippen LogP) is 2.30. The Bertz CT molecular complexity index is 381. The summed E-state index contributed by atoms with van der Waals surface area (Å²) in [5, 5.41) is 2.43. The number of esters is 1. The van der Waals surface area contributed by atoms with E-state index < -0.39 is 18.4 Å². The number of hydrogen-bond donors (Lipinski definition) is 1. The summed E-state index contributed by atoms with van der Waals surface area (Å²) in [5.41, 5.74) is 0.397. The van der Waals surface area contributed by atoms with E-state index in [4.69, 9.17) is 4.74 Å². The molecule has 1 atom stereocenters. The first-order valence-electron chi connectivity index (χ1n) is 5.43. The van der Waals surface area contributed by atoms with Crippen LogP contribution in [0.25, 0.3) is 0 Å². The smallest absolute Gasteiger partial charge is 0.334 e. The van der Waals surface area contributed by atoms with Crippen LogP contribution in [0.2, 0.25) is 0 Å². The van der Waals surface area contributed by atoms with Crippen molar-refractivity contribution in [2.24, 2.45) is 0 Å². The van der Waals surface area contributed by atoms with Gasteiger partial charge in [-0.15, -0.1) is 0 Å². The Labute approximate surface area is 104 Å². The Morgan fingerprint density at radius 3 is 2.39 bits per heavy atom. The van der Waals surface area contributed by atoms with E-state index in [1.165, 1.54) is 7.11 Å². The first-order chi connectivity index (χ1) is 8.58. The standard InChI is InChI=1S/C12H15F2NO3/c1-3-18-12(16)10(11(13)14)15-8-4-6-9(17-2)7-5-8/h4-7,10-11,15H,3H2,1-2H3/t10-/m0/s1. The van der Waals surface area contributed by atoms with Crippen molar-refractivity contribution in [1.29, 1.82) is 0 Å². The first-order valence-corrected chi connectivity index (χ1v) is 5.43. The molecule has 0 amide bonds. The van der Waals surface area contributed by atoms with Gasteiger partial charge in [0.15, 0.2) is 6.04 Å². The molecule has 100 valence electrons. The summed E-state index contributed by atoms with van der Waals surface area (Å²) < 4.78 is 34.9. The number of halogens is 2. The molecular formula is C12H15F2NO3. The van der Waals surface area contributed by atoms with Crippen LogP contribution in [-0.2, 0) is 9.53 Å². The van der Waals surface area contributed by atoms with Gasteiger partial charge in [-0.3, -0.25) is 0 Å². The lowest BCUT2D eigenvalue weighted by Gasteiger charge is -2.17. The number of ether oxygens (including phenoxy) is 2.